The second kappa shape index (κ2) is 12.7. The number of rotatable bonds is 9. The third kappa shape index (κ3) is 6.42. The summed E-state index contributed by atoms with van der Waals surface area (Å²) < 4.78 is 6.54. The molecule has 0 aliphatic heterocycles. The molecule has 4 nitrogen and oxygen atoms in total. The molecule has 0 amide bonds. The van der Waals surface area contributed by atoms with Crippen LogP contribution in [0.25, 0.3) is 0 Å². The van der Waals surface area contributed by atoms with Gasteiger partial charge < -0.3 is 9.64 Å². The predicted molar refractivity (Wildman–Crippen MR) is 177 cm³/mol. The van der Waals surface area contributed by atoms with Gasteiger partial charge in [0.15, 0.2) is 12.6 Å². The summed E-state index contributed by atoms with van der Waals surface area (Å²) in [6.45, 7) is 12.4. The van der Waals surface area contributed by atoms with Crippen molar-refractivity contribution in [2.75, 3.05) is 4.90 Å². The van der Waals surface area contributed by atoms with Crippen LogP contribution in [0.2, 0.25) is 0 Å². The van der Waals surface area contributed by atoms with E-state index in [0.29, 0.717) is 22.6 Å². The minimum absolute atomic E-state index is 0.468. The average molecular weight is 586 g/mol. The fourth-order valence-corrected chi connectivity index (χ4v) is 6.25. The molecule has 0 bridgehead atoms. The Hall–Kier alpha value is -4.61. The Balaban J connectivity index is 1.60. The number of benzene rings is 5. The molecular formula is C38H35NO3S. The molecule has 0 radical (unpaired) electrons. The summed E-state index contributed by atoms with van der Waals surface area (Å²) in [4.78, 5) is 27.8. The third-order valence-electron chi connectivity index (χ3n) is 7.54. The zero-order chi connectivity index (χ0) is 30.7. The highest BCUT2D eigenvalue weighted by Crippen LogP contribution is 2.42. The summed E-state index contributed by atoms with van der Waals surface area (Å²) in [5, 5.41) is 0. The molecule has 0 fully saturated rings. The number of anilines is 3. The van der Waals surface area contributed by atoms with Gasteiger partial charge in [-0.2, -0.15) is 0 Å². The summed E-state index contributed by atoms with van der Waals surface area (Å²) in [6, 6.07) is 30.4. The summed E-state index contributed by atoms with van der Waals surface area (Å²) in [5.41, 5.74) is 10.8. The highest BCUT2D eigenvalue weighted by atomic mass is 32.2. The molecule has 0 atom stereocenters. The fraction of sp³-hybridized carbons (Fsp3) is 0.158. The Morgan fingerprint density at radius 2 is 1.19 bits per heavy atom. The largest absolute Gasteiger partial charge is 0.456 e. The van der Waals surface area contributed by atoms with E-state index in [-0.39, 0.29) is 0 Å². The van der Waals surface area contributed by atoms with Crippen LogP contribution >= 0.6 is 11.8 Å². The van der Waals surface area contributed by atoms with Gasteiger partial charge in [0, 0.05) is 38.5 Å². The smallest absolute Gasteiger partial charge is 0.153 e. The Morgan fingerprint density at radius 1 is 0.558 bits per heavy atom. The zero-order valence-corrected chi connectivity index (χ0v) is 26.2. The maximum absolute atomic E-state index is 12.2. The third-order valence-corrected chi connectivity index (χ3v) is 8.79. The van der Waals surface area contributed by atoms with E-state index in [9.17, 15) is 9.59 Å². The highest BCUT2D eigenvalue weighted by molar-refractivity contribution is 7.99. The van der Waals surface area contributed by atoms with Gasteiger partial charge in [0.05, 0.1) is 5.56 Å². The van der Waals surface area contributed by atoms with Crippen LogP contribution in [0.4, 0.5) is 17.1 Å². The lowest BCUT2D eigenvalue weighted by atomic mass is 10.0. The van der Waals surface area contributed by atoms with Gasteiger partial charge in [0.25, 0.3) is 0 Å². The molecule has 0 aliphatic carbocycles. The van der Waals surface area contributed by atoms with Crippen LogP contribution in [0.3, 0.4) is 0 Å². The minimum atomic E-state index is 0.468. The average Bonchev–Trinajstić information content (AvgIpc) is 2.98. The van der Waals surface area contributed by atoms with E-state index in [1.165, 1.54) is 34.0 Å². The van der Waals surface area contributed by atoms with Crippen LogP contribution in [0.15, 0.2) is 101 Å². The Kier molecular flexibility index (Phi) is 8.84. The first kappa shape index (κ1) is 29.9. The number of aldehydes is 2. The highest BCUT2D eigenvalue weighted by Gasteiger charge is 2.19. The number of carbonyl (C=O) groups excluding carboxylic acids is 2. The number of ether oxygens (including phenoxy) is 1. The van der Waals surface area contributed by atoms with Crippen molar-refractivity contribution in [3.8, 4) is 11.5 Å². The van der Waals surface area contributed by atoms with Crippen LogP contribution < -0.4 is 9.64 Å². The van der Waals surface area contributed by atoms with Gasteiger partial charge in [-0.1, -0.05) is 71.4 Å². The number of carbonyl (C=O) groups is 2. The van der Waals surface area contributed by atoms with Gasteiger partial charge in [-0.15, -0.1) is 0 Å². The fourth-order valence-electron chi connectivity index (χ4n) is 5.25. The monoisotopic (exact) mass is 585 g/mol. The second-order valence-electron chi connectivity index (χ2n) is 11.0. The van der Waals surface area contributed by atoms with Crippen LogP contribution in [0, 0.1) is 41.5 Å². The molecule has 0 saturated heterocycles. The number of hydrogen-bond acceptors (Lipinski definition) is 5. The standard InChI is InChI=1S/C38H35NO3S/c1-24-11-15-33(27(4)17-24)39(34-16-12-25(2)18-28(34)5)32-14-13-26(3)35(20-32)42-36-21-38(29(6)19-31(36)23-41)43-37-10-8-7-9-30(37)22-40/h7-23H,1-6H3. The predicted octanol–water partition coefficient (Wildman–Crippen LogP) is 10.6. The Morgan fingerprint density at radius 3 is 1.79 bits per heavy atom. The lowest BCUT2D eigenvalue weighted by Gasteiger charge is -2.29. The lowest BCUT2D eigenvalue weighted by Crippen LogP contribution is -2.13. The topological polar surface area (TPSA) is 46.6 Å². The van der Waals surface area contributed by atoms with E-state index >= 15 is 0 Å². The maximum atomic E-state index is 12.2. The molecule has 0 aromatic heterocycles. The zero-order valence-electron chi connectivity index (χ0n) is 25.4. The molecule has 5 heteroatoms. The van der Waals surface area contributed by atoms with Crippen LogP contribution in [-0.4, -0.2) is 12.6 Å². The normalized spacial score (nSPS) is 10.8. The van der Waals surface area contributed by atoms with Crippen LogP contribution in [0.1, 0.15) is 54.1 Å². The summed E-state index contributed by atoms with van der Waals surface area (Å²) in [5.74, 6) is 1.13. The Bertz CT molecular complexity index is 1790. The van der Waals surface area contributed by atoms with E-state index in [0.717, 1.165) is 50.6 Å². The SMILES string of the molecule is Cc1ccc(N(c2ccc(C)c(Oc3cc(Sc4ccccc4C=O)c(C)cc3C=O)c2)c2ccc(C)cc2C)c(C)c1. The molecule has 0 unspecified atom stereocenters. The van der Waals surface area contributed by atoms with Gasteiger partial charge >= 0.3 is 0 Å². The van der Waals surface area contributed by atoms with Crippen LogP contribution in [-0.2, 0) is 0 Å². The molecule has 5 aromatic carbocycles. The first-order valence-electron chi connectivity index (χ1n) is 14.2. The molecule has 43 heavy (non-hydrogen) atoms. The van der Waals surface area contributed by atoms with Crippen molar-refractivity contribution < 1.29 is 14.3 Å². The quantitative estimate of drug-likeness (QED) is 0.161. The molecule has 0 aliphatic rings. The second-order valence-corrected chi connectivity index (χ2v) is 12.1. The first-order chi connectivity index (χ1) is 20.7. The van der Waals surface area contributed by atoms with Gasteiger partial charge in [-0.05, 0) is 100 Å². The van der Waals surface area contributed by atoms with Crippen LogP contribution in [0.5, 0.6) is 11.5 Å². The molecule has 5 aromatic rings. The van der Waals surface area contributed by atoms with E-state index in [2.05, 4.69) is 81.1 Å². The van der Waals surface area contributed by atoms with Crippen molar-refractivity contribution in [1.29, 1.82) is 0 Å². The lowest BCUT2D eigenvalue weighted by molar-refractivity contribution is 0.111. The molecule has 0 heterocycles. The van der Waals surface area contributed by atoms with Gasteiger partial charge in [0.1, 0.15) is 11.5 Å². The van der Waals surface area contributed by atoms with E-state index in [4.69, 9.17) is 4.74 Å². The van der Waals surface area contributed by atoms with Crippen molar-refractivity contribution in [3.05, 3.63) is 136 Å². The van der Waals surface area contributed by atoms with E-state index in [1.807, 2.05) is 50.2 Å². The molecule has 216 valence electrons. The number of aryl methyl sites for hydroxylation is 6. The Labute approximate surface area is 258 Å². The molecule has 0 spiro atoms. The molecular weight excluding hydrogens is 550 g/mol. The number of nitrogens with zero attached hydrogens (tertiary/aromatic N) is 1. The van der Waals surface area contributed by atoms with Gasteiger partial charge in [-0.25, -0.2) is 0 Å². The van der Waals surface area contributed by atoms with E-state index in [1.54, 1.807) is 6.07 Å². The first-order valence-corrected chi connectivity index (χ1v) is 15.0. The molecule has 0 N–H and O–H groups in total. The van der Waals surface area contributed by atoms with Crippen molar-refractivity contribution in [1.82, 2.24) is 0 Å². The van der Waals surface area contributed by atoms with E-state index < -0.39 is 0 Å². The van der Waals surface area contributed by atoms with Gasteiger partial charge in [-0.3, -0.25) is 9.59 Å². The van der Waals surface area contributed by atoms with Crippen molar-refractivity contribution >= 4 is 41.4 Å². The summed E-state index contributed by atoms with van der Waals surface area (Å²) >= 11 is 1.49. The maximum Gasteiger partial charge on any atom is 0.153 e. The van der Waals surface area contributed by atoms with Crippen molar-refractivity contribution in [2.24, 2.45) is 0 Å². The number of hydrogen-bond donors (Lipinski definition) is 0. The van der Waals surface area contributed by atoms with Crippen molar-refractivity contribution in [2.45, 2.75) is 51.3 Å². The summed E-state index contributed by atoms with van der Waals surface area (Å²) in [6.07, 6.45) is 1.69. The molecule has 0 saturated carbocycles. The van der Waals surface area contributed by atoms with Crippen molar-refractivity contribution in [3.63, 3.8) is 0 Å². The van der Waals surface area contributed by atoms with Gasteiger partial charge in [0.2, 0.25) is 0 Å². The molecule has 5 rings (SSSR count). The minimum Gasteiger partial charge on any atom is -0.456 e. The summed E-state index contributed by atoms with van der Waals surface area (Å²) in [7, 11) is 0.